The van der Waals surface area contributed by atoms with Crippen molar-refractivity contribution in [1.29, 1.82) is 0 Å². The van der Waals surface area contributed by atoms with Gasteiger partial charge in [-0.2, -0.15) is 0 Å². The zero-order valence-corrected chi connectivity index (χ0v) is 10.7. The van der Waals surface area contributed by atoms with Crippen molar-refractivity contribution in [1.82, 2.24) is 5.32 Å². The molecule has 0 bridgehead atoms. The van der Waals surface area contributed by atoms with Crippen LogP contribution in [0.5, 0.6) is 0 Å². The summed E-state index contributed by atoms with van der Waals surface area (Å²) in [5.41, 5.74) is 1.67. The van der Waals surface area contributed by atoms with Gasteiger partial charge in [-0.05, 0) is 44.4 Å². The molecule has 1 heterocycles. The highest BCUT2D eigenvalue weighted by Crippen LogP contribution is 2.25. The van der Waals surface area contributed by atoms with E-state index in [4.69, 9.17) is 4.74 Å². The van der Waals surface area contributed by atoms with Crippen LogP contribution in [0.2, 0.25) is 0 Å². The Kier molecular flexibility index (Phi) is 3.50. The first-order valence-corrected chi connectivity index (χ1v) is 6.13. The maximum Gasteiger partial charge on any atom is 0.126 e. The molecule has 0 amide bonds. The smallest absolute Gasteiger partial charge is 0.126 e. The quantitative estimate of drug-likeness (QED) is 0.872. The van der Waals surface area contributed by atoms with Gasteiger partial charge in [0.25, 0.3) is 0 Å². The molecule has 0 aromatic heterocycles. The second-order valence-electron chi connectivity index (χ2n) is 5.12. The van der Waals surface area contributed by atoms with Crippen LogP contribution in [0, 0.1) is 12.7 Å². The molecule has 1 aliphatic heterocycles. The van der Waals surface area contributed by atoms with Gasteiger partial charge in [-0.25, -0.2) is 4.39 Å². The molecule has 2 unspecified atom stereocenters. The maximum absolute atomic E-state index is 13.4. The lowest BCUT2D eigenvalue weighted by atomic mass is 9.94. The molecule has 1 aromatic carbocycles. The molecule has 0 spiro atoms. The van der Waals surface area contributed by atoms with Crippen molar-refractivity contribution in [3.05, 3.63) is 35.1 Å². The second kappa shape index (κ2) is 4.75. The summed E-state index contributed by atoms with van der Waals surface area (Å²) in [5, 5.41) is 3.48. The van der Waals surface area contributed by atoms with Gasteiger partial charge in [-0.1, -0.05) is 12.1 Å². The molecule has 94 valence electrons. The maximum atomic E-state index is 13.4. The Balaban J connectivity index is 2.00. The highest BCUT2D eigenvalue weighted by atomic mass is 19.1. The summed E-state index contributed by atoms with van der Waals surface area (Å²) >= 11 is 0. The van der Waals surface area contributed by atoms with E-state index in [2.05, 4.69) is 19.2 Å². The molecule has 1 aromatic rings. The summed E-state index contributed by atoms with van der Waals surface area (Å²) in [4.78, 5) is 0. The van der Waals surface area contributed by atoms with Crippen LogP contribution < -0.4 is 5.32 Å². The van der Waals surface area contributed by atoms with E-state index < -0.39 is 0 Å². The van der Waals surface area contributed by atoms with Crippen LogP contribution in [-0.2, 0) is 11.3 Å². The number of nitrogens with one attached hydrogen (secondary N) is 1. The summed E-state index contributed by atoms with van der Waals surface area (Å²) in [5.74, 6) is -0.134. The minimum atomic E-state index is -0.134. The van der Waals surface area contributed by atoms with Gasteiger partial charge in [0, 0.05) is 18.7 Å². The summed E-state index contributed by atoms with van der Waals surface area (Å²) in [6.07, 6.45) is 1.21. The number of rotatable bonds is 3. The van der Waals surface area contributed by atoms with Gasteiger partial charge in [-0.3, -0.25) is 0 Å². The average Bonchev–Trinajstić information content (AvgIpc) is 2.62. The van der Waals surface area contributed by atoms with Crippen LogP contribution in [0.15, 0.2) is 18.2 Å². The Morgan fingerprint density at radius 3 is 2.88 bits per heavy atom. The first kappa shape index (κ1) is 12.5. The summed E-state index contributed by atoms with van der Waals surface area (Å²) in [7, 11) is 0. The Hall–Kier alpha value is -0.930. The Morgan fingerprint density at radius 1 is 1.53 bits per heavy atom. The fourth-order valence-corrected chi connectivity index (χ4v) is 2.12. The zero-order valence-electron chi connectivity index (χ0n) is 10.7. The summed E-state index contributed by atoms with van der Waals surface area (Å²) in [6, 6.07) is 5.39. The van der Waals surface area contributed by atoms with Crippen LogP contribution in [0.1, 0.15) is 31.4 Å². The van der Waals surface area contributed by atoms with Crippen LogP contribution in [-0.4, -0.2) is 18.2 Å². The van der Waals surface area contributed by atoms with Gasteiger partial charge in [0.2, 0.25) is 0 Å². The highest BCUT2D eigenvalue weighted by molar-refractivity contribution is 5.23. The third-order valence-corrected chi connectivity index (χ3v) is 3.82. The lowest BCUT2D eigenvalue weighted by Crippen LogP contribution is -2.47. The first-order chi connectivity index (χ1) is 8.01. The fourth-order valence-electron chi connectivity index (χ4n) is 2.12. The van der Waals surface area contributed by atoms with E-state index in [0.717, 1.165) is 18.6 Å². The molecule has 1 fully saturated rings. The van der Waals surface area contributed by atoms with Crippen molar-refractivity contribution in [3.63, 3.8) is 0 Å². The monoisotopic (exact) mass is 237 g/mol. The van der Waals surface area contributed by atoms with Crippen molar-refractivity contribution in [2.75, 3.05) is 6.61 Å². The van der Waals surface area contributed by atoms with Gasteiger partial charge in [0.15, 0.2) is 0 Å². The topological polar surface area (TPSA) is 21.3 Å². The molecule has 0 saturated carbocycles. The molecule has 1 N–H and O–H groups in total. The second-order valence-corrected chi connectivity index (χ2v) is 5.12. The van der Waals surface area contributed by atoms with Crippen molar-refractivity contribution in [2.24, 2.45) is 0 Å². The van der Waals surface area contributed by atoms with Crippen LogP contribution in [0.25, 0.3) is 0 Å². The lowest BCUT2D eigenvalue weighted by Gasteiger charge is -2.29. The Labute approximate surface area is 102 Å². The fraction of sp³-hybridized carbons (Fsp3) is 0.571. The third kappa shape index (κ3) is 2.67. The van der Waals surface area contributed by atoms with Gasteiger partial charge in [0.05, 0.1) is 6.10 Å². The molecule has 17 heavy (non-hydrogen) atoms. The Morgan fingerprint density at radius 2 is 2.29 bits per heavy atom. The minimum Gasteiger partial charge on any atom is -0.377 e. The molecule has 2 nitrogen and oxygen atoms in total. The summed E-state index contributed by atoms with van der Waals surface area (Å²) < 4.78 is 19.0. The molecule has 0 aliphatic carbocycles. The van der Waals surface area contributed by atoms with Crippen molar-refractivity contribution >= 4 is 0 Å². The third-order valence-electron chi connectivity index (χ3n) is 3.82. The SMILES string of the molecule is Cc1ccc(CNC2(C)CCOC2C)cc1F. The average molecular weight is 237 g/mol. The molecule has 1 saturated heterocycles. The number of halogens is 1. The van der Waals surface area contributed by atoms with E-state index in [0.29, 0.717) is 12.1 Å². The summed E-state index contributed by atoms with van der Waals surface area (Å²) in [6.45, 7) is 7.50. The first-order valence-electron chi connectivity index (χ1n) is 6.13. The molecule has 1 aliphatic rings. The molecule has 2 rings (SSSR count). The number of aryl methyl sites for hydroxylation is 1. The number of ether oxygens (including phenoxy) is 1. The molecular weight excluding hydrogens is 217 g/mol. The van der Waals surface area contributed by atoms with Gasteiger partial charge >= 0.3 is 0 Å². The molecule has 3 heteroatoms. The largest absolute Gasteiger partial charge is 0.377 e. The Bertz CT molecular complexity index is 407. The molecule has 2 atom stereocenters. The molecular formula is C14H20FNO. The van der Waals surface area contributed by atoms with Gasteiger partial charge < -0.3 is 10.1 Å². The van der Waals surface area contributed by atoms with Gasteiger partial charge in [-0.15, -0.1) is 0 Å². The van der Waals surface area contributed by atoms with Crippen LogP contribution in [0.4, 0.5) is 4.39 Å². The van der Waals surface area contributed by atoms with Gasteiger partial charge in [0.1, 0.15) is 5.82 Å². The van der Waals surface area contributed by atoms with Crippen LogP contribution >= 0.6 is 0 Å². The normalized spacial score (nSPS) is 28.6. The predicted molar refractivity (Wildman–Crippen MR) is 66.4 cm³/mol. The van der Waals surface area contributed by atoms with E-state index >= 15 is 0 Å². The number of benzene rings is 1. The number of hydrogen-bond donors (Lipinski definition) is 1. The standard InChI is InChI=1S/C14H20FNO/c1-10-4-5-12(8-13(10)15)9-16-14(3)6-7-17-11(14)2/h4-5,8,11,16H,6-7,9H2,1-3H3. The zero-order chi connectivity index (χ0) is 12.5. The van der Waals surface area contributed by atoms with Crippen molar-refractivity contribution in [3.8, 4) is 0 Å². The van der Waals surface area contributed by atoms with E-state index in [1.807, 2.05) is 12.1 Å². The number of hydrogen-bond acceptors (Lipinski definition) is 2. The van der Waals surface area contributed by atoms with E-state index in [9.17, 15) is 4.39 Å². The minimum absolute atomic E-state index is 0.00135. The van der Waals surface area contributed by atoms with E-state index in [1.165, 1.54) is 0 Å². The highest BCUT2D eigenvalue weighted by Gasteiger charge is 2.36. The van der Waals surface area contributed by atoms with E-state index in [-0.39, 0.29) is 17.5 Å². The molecule has 0 radical (unpaired) electrons. The lowest BCUT2D eigenvalue weighted by molar-refractivity contribution is 0.0881. The van der Waals surface area contributed by atoms with E-state index in [1.54, 1.807) is 13.0 Å². The predicted octanol–water partition coefficient (Wildman–Crippen LogP) is 2.79. The van der Waals surface area contributed by atoms with Crippen molar-refractivity contribution < 1.29 is 9.13 Å². The van der Waals surface area contributed by atoms with Crippen molar-refractivity contribution in [2.45, 2.75) is 45.4 Å². The van der Waals surface area contributed by atoms with Crippen LogP contribution in [0.3, 0.4) is 0 Å².